The summed E-state index contributed by atoms with van der Waals surface area (Å²) < 4.78 is 16.6. The summed E-state index contributed by atoms with van der Waals surface area (Å²) in [4.78, 5) is 31.8. The normalized spacial score (nSPS) is 14.1. The molecule has 2 amide bonds. The van der Waals surface area contributed by atoms with E-state index in [9.17, 15) is 9.59 Å². The molecule has 0 spiro atoms. The lowest BCUT2D eigenvalue weighted by Crippen LogP contribution is -2.41. The van der Waals surface area contributed by atoms with Crippen LogP contribution in [0.5, 0.6) is 0 Å². The lowest BCUT2D eigenvalue weighted by molar-refractivity contribution is -0.116. The number of nitrogens with one attached hydrogen (secondary N) is 1. The van der Waals surface area contributed by atoms with E-state index in [1.54, 1.807) is 19.1 Å². The maximum atomic E-state index is 13.3. The first-order chi connectivity index (χ1) is 21.7. The van der Waals surface area contributed by atoms with Crippen molar-refractivity contribution >= 4 is 39.8 Å². The first-order valence-corrected chi connectivity index (χ1v) is 16.0. The number of carbonyl (C=O) groups excluding carboxylic acids is 2. The number of carbonyl (C=O) groups is 2. The van der Waals surface area contributed by atoms with Crippen molar-refractivity contribution in [3.63, 3.8) is 0 Å². The summed E-state index contributed by atoms with van der Waals surface area (Å²) in [7, 11) is 5.50. The van der Waals surface area contributed by atoms with Gasteiger partial charge in [-0.05, 0) is 47.1 Å². The van der Waals surface area contributed by atoms with Crippen molar-refractivity contribution in [2.45, 2.75) is 46.1 Å². The maximum absolute atomic E-state index is 13.3. The third kappa shape index (κ3) is 9.11. The molecule has 244 valence electrons. The molecule has 0 unspecified atom stereocenters. The number of likely N-dealkylation sites (N-methyl/N-ethyl adjacent to an activating group) is 1. The highest BCUT2D eigenvalue weighted by molar-refractivity contribution is 6.01. The number of fused-ring (bicyclic) bond motifs is 3. The zero-order chi connectivity index (χ0) is 32.3. The summed E-state index contributed by atoms with van der Waals surface area (Å²) in [5, 5.41) is 5.42. The van der Waals surface area contributed by atoms with Gasteiger partial charge in [-0.2, -0.15) is 0 Å². The summed E-state index contributed by atoms with van der Waals surface area (Å²) in [6.07, 6.45) is 0.956. The van der Waals surface area contributed by atoms with Crippen molar-refractivity contribution in [3.8, 4) is 0 Å². The van der Waals surface area contributed by atoms with Crippen molar-refractivity contribution in [1.82, 2.24) is 4.90 Å². The monoisotopic (exact) mass is 618 g/mol. The van der Waals surface area contributed by atoms with Crippen molar-refractivity contribution in [2.75, 3.05) is 82.3 Å². The Bertz CT molecular complexity index is 1410. The largest absolute Gasteiger partial charge is 0.445 e. The molecular formula is C36H50N4O5. The number of methoxy groups -OCH3 is 2. The first kappa shape index (κ1) is 34.1. The Morgan fingerprint density at radius 1 is 0.956 bits per heavy atom. The van der Waals surface area contributed by atoms with Gasteiger partial charge in [-0.1, -0.05) is 57.2 Å². The van der Waals surface area contributed by atoms with Crippen molar-refractivity contribution < 1.29 is 23.8 Å². The van der Waals surface area contributed by atoms with Crippen LogP contribution in [0.25, 0.3) is 10.8 Å². The topological polar surface area (TPSA) is 83.6 Å². The van der Waals surface area contributed by atoms with Gasteiger partial charge in [-0.15, -0.1) is 0 Å². The van der Waals surface area contributed by atoms with E-state index < -0.39 is 6.09 Å². The second-order valence-electron chi connectivity index (χ2n) is 12.3. The molecule has 0 fully saturated rings. The molecule has 0 saturated heterocycles. The summed E-state index contributed by atoms with van der Waals surface area (Å²) in [6.45, 7) is 10.8. The van der Waals surface area contributed by atoms with E-state index in [0.29, 0.717) is 57.6 Å². The molecule has 0 saturated carbocycles. The predicted molar refractivity (Wildman–Crippen MR) is 182 cm³/mol. The Morgan fingerprint density at radius 2 is 1.64 bits per heavy atom. The fourth-order valence-electron chi connectivity index (χ4n) is 5.92. The van der Waals surface area contributed by atoms with E-state index >= 15 is 0 Å². The molecule has 3 aromatic rings. The van der Waals surface area contributed by atoms with E-state index in [0.717, 1.165) is 29.9 Å². The lowest BCUT2D eigenvalue weighted by Gasteiger charge is -2.30. The van der Waals surface area contributed by atoms with Crippen LogP contribution >= 0.6 is 0 Å². The van der Waals surface area contributed by atoms with Crippen LogP contribution in [-0.4, -0.2) is 84.1 Å². The van der Waals surface area contributed by atoms with Crippen LogP contribution in [0.2, 0.25) is 0 Å². The molecule has 0 bridgehead atoms. The number of benzene rings is 3. The van der Waals surface area contributed by atoms with Crippen LogP contribution in [0.3, 0.4) is 0 Å². The second-order valence-corrected chi connectivity index (χ2v) is 12.3. The van der Waals surface area contributed by atoms with Gasteiger partial charge in [-0.25, -0.2) is 4.79 Å². The molecule has 9 nitrogen and oxygen atoms in total. The van der Waals surface area contributed by atoms with Crippen LogP contribution in [0.15, 0.2) is 54.6 Å². The minimum absolute atomic E-state index is 0.00525. The van der Waals surface area contributed by atoms with Gasteiger partial charge in [0.25, 0.3) is 0 Å². The maximum Gasteiger partial charge on any atom is 0.410 e. The van der Waals surface area contributed by atoms with Gasteiger partial charge < -0.3 is 34.2 Å². The smallest absolute Gasteiger partial charge is 0.410 e. The molecule has 1 N–H and O–H groups in total. The second kappa shape index (κ2) is 16.5. The number of anilines is 3. The van der Waals surface area contributed by atoms with Gasteiger partial charge in [0.1, 0.15) is 6.61 Å². The van der Waals surface area contributed by atoms with E-state index in [1.807, 2.05) is 24.3 Å². The Labute approximate surface area is 268 Å². The van der Waals surface area contributed by atoms with Crippen molar-refractivity contribution in [2.24, 2.45) is 5.92 Å². The zero-order valence-electron chi connectivity index (χ0n) is 27.8. The van der Waals surface area contributed by atoms with E-state index in [4.69, 9.17) is 14.2 Å². The molecule has 1 aliphatic rings. The molecule has 3 aromatic carbocycles. The minimum atomic E-state index is -0.392. The van der Waals surface area contributed by atoms with Gasteiger partial charge in [0.2, 0.25) is 5.91 Å². The Morgan fingerprint density at radius 3 is 2.33 bits per heavy atom. The minimum Gasteiger partial charge on any atom is -0.445 e. The van der Waals surface area contributed by atoms with E-state index in [1.165, 1.54) is 22.0 Å². The third-order valence-electron chi connectivity index (χ3n) is 8.41. The van der Waals surface area contributed by atoms with Crippen LogP contribution in [0.4, 0.5) is 21.9 Å². The molecule has 1 aliphatic heterocycles. The highest BCUT2D eigenvalue weighted by atomic mass is 16.6. The summed E-state index contributed by atoms with van der Waals surface area (Å²) in [5.74, 6) is 0.945. The molecule has 45 heavy (non-hydrogen) atoms. The Balaban J connectivity index is 1.44. The Hall–Kier alpha value is -3.82. The Kier molecular flexibility index (Phi) is 12.5. The highest BCUT2D eigenvalue weighted by Crippen LogP contribution is 2.44. The number of hydrogen-bond donors (Lipinski definition) is 1. The van der Waals surface area contributed by atoms with Crippen LogP contribution in [0.1, 0.15) is 50.7 Å². The standard InChI is InChI=1S/C36H50N4O5/c1-26(2)11-16-34(41)37-29-14-12-28(13-15-29)25-45-36(42)40(20-22-44-6)18-17-39(19-21-43-5)32-23-33-35(27(3)24-38(33)4)31-10-8-7-9-30(31)32/h7-10,12-15,23,26-27H,11,16-22,24-25H2,1-6H3,(H,37,41)/t27-/m1/s1. The molecule has 0 aliphatic carbocycles. The van der Waals surface area contributed by atoms with E-state index in [-0.39, 0.29) is 12.5 Å². The van der Waals surface area contributed by atoms with Crippen LogP contribution < -0.4 is 15.1 Å². The number of ether oxygens (including phenoxy) is 3. The van der Waals surface area contributed by atoms with Crippen molar-refractivity contribution in [1.29, 1.82) is 0 Å². The van der Waals surface area contributed by atoms with E-state index in [2.05, 4.69) is 73.3 Å². The molecule has 4 rings (SSSR count). The van der Waals surface area contributed by atoms with Gasteiger partial charge in [0.15, 0.2) is 0 Å². The highest BCUT2D eigenvalue weighted by Gasteiger charge is 2.28. The SMILES string of the molecule is COCCN(CCN(CCOC)c1cc2c(c3ccccc13)[C@H](C)CN2C)C(=O)OCc1ccc(NC(=O)CCC(C)C)cc1. The molecule has 0 radical (unpaired) electrons. The third-order valence-corrected chi connectivity index (χ3v) is 8.41. The number of nitrogens with zero attached hydrogens (tertiary/aromatic N) is 3. The van der Waals surface area contributed by atoms with Crippen LogP contribution in [0, 0.1) is 5.92 Å². The summed E-state index contributed by atoms with van der Waals surface area (Å²) >= 11 is 0. The molecule has 1 heterocycles. The van der Waals surface area contributed by atoms with Gasteiger partial charge in [0, 0.05) is 88.8 Å². The van der Waals surface area contributed by atoms with Crippen LogP contribution in [-0.2, 0) is 25.6 Å². The molecular weight excluding hydrogens is 568 g/mol. The van der Waals surface area contributed by atoms with Gasteiger partial charge >= 0.3 is 6.09 Å². The predicted octanol–water partition coefficient (Wildman–Crippen LogP) is 6.51. The lowest BCUT2D eigenvalue weighted by atomic mass is 9.94. The molecule has 0 aromatic heterocycles. The number of rotatable bonds is 16. The van der Waals surface area contributed by atoms with Gasteiger partial charge in [-0.3, -0.25) is 4.79 Å². The molecule has 1 atom stereocenters. The first-order valence-electron chi connectivity index (χ1n) is 16.0. The fourth-order valence-corrected chi connectivity index (χ4v) is 5.92. The summed E-state index contributed by atoms with van der Waals surface area (Å²) in [5.41, 5.74) is 5.38. The number of hydrogen-bond acceptors (Lipinski definition) is 7. The fraction of sp³-hybridized carbons (Fsp3) is 0.500. The quantitative estimate of drug-likeness (QED) is 0.196. The van der Waals surface area contributed by atoms with Gasteiger partial charge in [0.05, 0.1) is 13.2 Å². The number of amides is 2. The average molecular weight is 619 g/mol. The zero-order valence-corrected chi connectivity index (χ0v) is 27.8. The molecule has 9 heteroatoms. The van der Waals surface area contributed by atoms with Crippen molar-refractivity contribution in [3.05, 3.63) is 65.7 Å². The summed E-state index contributed by atoms with van der Waals surface area (Å²) in [6, 6.07) is 18.3. The average Bonchev–Trinajstić information content (AvgIpc) is 3.33.